The number of carboxylic acid groups (broad SMARTS) is 1. The molecule has 2 atom stereocenters. The van der Waals surface area contributed by atoms with E-state index in [1.54, 1.807) is 24.9 Å². The van der Waals surface area contributed by atoms with Crippen LogP contribution in [-0.2, 0) is 9.59 Å². The van der Waals surface area contributed by atoms with Gasteiger partial charge in [0.25, 0.3) is 5.91 Å². The Labute approximate surface area is 111 Å². The number of carboxylic acids is 1. The summed E-state index contributed by atoms with van der Waals surface area (Å²) in [5, 5.41) is 8.82. The summed E-state index contributed by atoms with van der Waals surface area (Å²) < 4.78 is 5.52. The second-order valence-corrected chi connectivity index (χ2v) is 4.88. The molecule has 1 aromatic carbocycles. The van der Waals surface area contributed by atoms with Gasteiger partial charge in [-0.1, -0.05) is 13.0 Å². The van der Waals surface area contributed by atoms with Crippen LogP contribution in [0.1, 0.15) is 31.7 Å². The van der Waals surface area contributed by atoms with Gasteiger partial charge in [-0.25, -0.2) is 0 Å². The maximum atomic E-state index is 11.9. The first-order valence-corrected chi connectivity index (χ1v) is 6.20. The molecule has 1 aliphatic rings. The van der Waals surface area contributed by atoms with Crippen molar-refractivity contribution in [3.05, 3.63) is 23.8 Å². The molecule has 19 heavy (non-hydrogen) atoms. The van der Waals surface area contributed by atoms with E-state index in [0.29, 0.717) is 11.4 Å². The molecule has 102 valence electrons. The molecule has 0 radical (unpaired) electrons. The average Bonchev–Trinajstić information content (AvgIpc) is 2.35. The summed E-state index contributed by atoms with van der Waals surface area (Å²) in [5.74, 6) is -0.387. The van der Waals surface area contributed by atoms with E-state index in [-0.39, 0.29) is 18.2 Å². The zero-order valence-electron chi connectivity index (χ0n) is 11.2. The summed E-state index contributed by atoms with van der Waals surface area (Å²) in [6, 6.07) is 5.47. The zero-order chi connectivity index (χ0) is 14.2. The molecule has 0 aromatic heterocycles. The van der Waals surface area contributed by atoms with E-state index in [1.165, 1.54) is 0 Å². The predicted octanol–water partition coefficient (Wildman–Crippen LogP) is 2.01. The summed E-state index contributed by atoms with van der Waals surface area (Å²) in [4.78, 5) is 24.2. The maximum absolute atomic E-state index is 11.9. The number of carbonyl (C=O) groups is 2. The van der Waals surface area contributed by atoms with Crippen LogP contribution in [0.3, 0.4) is 0 Å². The van der Waals surface area contributed by atoms with E-state index >= 15 is 0 Å². The van der Waals surface area contributed by atoms with Gasteiger partial charge in [0.05, 0.1) is 12.1 Å². The van der Waals surface area contributed by atoms with Crippen molar-refractivity contribution in [3.8, 4) is 5.75 Å². The lowest BCUT2D eigenvalue weighted by atomic mass is 9.96. The second-order valence-electron chi connectivity index (χ2n) is 4.88. The molecular weight excluding hydrogens is 246 g/mol. The van der Waals surface area contributed by atoms with Gasteiger partial charge in [-0.15, -0.1) is 0 Å². The molecule has 5 heteroatoms. The van der Waals surface area contributed by atoms with Crippen LogP contribution in [0.25, 0.3) is 0 Å². The number of hydrogen-bond donors (Lipinski definition) is 1. The van der Waals surface area contributed by atoms with Gasteiger partial charge in [0.15, 0.2) is 6.10 Å². The van der Waals surface area contributed by atoms with Crippen molar-refractivity contribution in [2.45, 2.75) is 32.3 Å². The molecule has 2 unspecified atom stereocenters. The number of carbonyl (C=O) groups excluding carboxylic acids is 1. The van der Waals surface area contributed by atoms with Gasteiger partial charge >= 0.3 is 5.97 Å². The highest BCUT2D eigenvalue weighted by molar-refractivity contribution is 5.99. The van der Waals surface area contributed by atoms with Gasteiger partial charge in [0, 0.05) is 7.05 Å². The minimum absolute atomic E-state index is 0.0632. The van der Waals surface area contributed by atoms with Gasteiger partial charge in [-0.3, -0.25) is 9.59 Å². The topological polar surface area (TPSA) is 66.8 Å². The monoisotopic (exact) mass is 263 g/mol. The van der Waals surface area contributed by atoms with Crippen LogP contribution < -0.4 is 9.64 Å². The number of amides is 1. The van der Waals surface area contributed by atoms with Gasteiger partial charge < -0.3 is 14.7 Å². The van der Waals surface area contributed by atoms with Crippen molar-refractivity contribution in [2.75, 3.05) is 11.9 Å². The van der Waals surface area contributed by atoms with E-state index < -0.39 is 12.1 Å². The molecule has 5 nitrogen and oxygen atoms in total. The van der Waals surface area contributed by atoms with Gasteiger partial charge in [0.2, 0.25) is 0 Å². The molecule has 0 aliphatic carbocycles. The highest BCUT2D eigenvalue weighted by Crippen LogP contribution is 2.36. The highest BCUT2D eigenvalue weighted by Gasteiger charge is 2.29. The van der Waals surface area contributed by atoms with Crippen LogP contribution in [0.5, 0.6) is 5.75 Å². The van der Waals surface area contributed by atoms with Crippen molar-refractivity contribution in [1.29, 1.82) is 0 Å². The van der Waals surface area contributed by atoms with Crippen LogP contribution in [0.15, 0.2) is 18.2 Å². The molecule has 1 N–H and O–H groups in total. The lowest BCUT2D eigenvalue weighted by molar-refractivity contribution is -0.137. The summed E-state index contributed by atoms with van der Waals surface area (Å²) in [6.07, 6.45) is -0.423. The molecule has 0 bridgehead atoms. The number of benzene rings is 1. The lowest BCUT2D eigenvalue weighted by Gasteiger charge is -2.31. The van der Waals surface area contributed by atoms with Crippen molar-refractivity contribution >= 4 is 17.6 Å². The molecule has 1 heterocycles. The Bertz CT molecular complexity index is 526. The van der Waals surface area contributed by atoms with Crippen LogP contribution in [0.2, 0.25) is 0 Å². The van der Waals surface area contributed by atoms with E-state index in [4.69, 9.17) is 9.84 Å². The number of fused-ring (bicyclic) bond motifs is 1. The molecule has 0 saturated carbocycles. The summed E-state index contributed by atoms with van der Waals surface area (Å²) in [6.45, 7) is 3.56. The second kappa shape index (κ2) is 4.91. The van der Waals surface area contributed by atoms with Crippen LogP contribution in [-0.4, -0.2) is 30.1 Å². The molecular formula is C14H17NO4. The van der Waals surface area contributed by atoms with E-state index in [2.05, 4.69) is 0 Å². The predicted molar refractivity (Wildman–Crippen MR) is 70.6 cm³/mol. The third kappa shape index (κ3) is 2.54. The third-order valence-electron chi connectivity index (χ3n) is 3.38. The fourth-order valence-electron chi connectivity index (χ4n) is 2.21. The summed E-state index contributed by atoms with van der Waals surface area (Å²) in [7, 11) is 1.70. The smallest absolute Gasteiger partial charge is 0.303 e. The fraction of sp³-hybridized carbons (Fsp3) is 0.429. The molecule has 0 spiro atoms. The minimum Gasteiger partial charge on any atom is -0.481 e. The minimum atomic E-state index is -0.834. The normalized spacial score (nSPS) is 19.6. The Morgan fingerprint density at radius 1 is 1.53 bits per heavy atom. The Morgan fingerprint density at radius 3 is 2.84 bits per heavy atom. The Balaban J connectivity index is 2.33. The quantitative estimate of drug-likeness (QED) is 0.905. The lowest BCUT2D eigenvalue weighted by Crippen LogP contribution is -2.42. The molecule has 2 rings (SSSR count). The van der Waals surface area contributed by atoms with Gasteiger partial charge in [-0.2, -0.15) is 0 Å². The number of rotatable bonds is 3. The molecule has 0 fully saturated rings. The average molecular weight is 263 g/mol. The summed E-state index contributed by atoms with van der Waals surface area (Å²) >= 11 is 0. The number of anilines is 1. The van der Waals surface area contributed by atoms with Crippen LogP contribution >= 0.6 is 0 Å². The zero-order valence-corrected chi connectivity index (χ0v) is 11.2. The number of likely N-dealkylation sites (N-methyl/N-ethyl adjacent to an activating group) is 1. The van der Waals surface area contributed by atoms with Gasteiger partial charge in [0.1, 0.15) is 5.75 Å². The molecule has 1 amide bonds. The van der Waals surface area contributed by atoms with Crippen LogP contribution in [0, 0.1) is 0 Å². The fourth-order valence-corrected chi connectivity index (χ4v) is 2.21. The van der Waals surface area contributed by atoms with Crippen molar-refractivity contribution in [1.82, 2.24) is 0 Å². The first-order valence-electron chi connectivity index (χ1n) is 6.20. The van der Waals surface area contributed by atoms with Crippen molar-refractivity contribution in [3.63, 3.8) is 0 Å². The van der Waals surface area contributed by atoms with Crippen LogP contribution in [0.4, 0.5) is 5.69 Å². The largest absolute Gasteiger partial charge is 0.481 e. The number of nitrogens with zero attached hydrogens (tertiary/aromatic N) is 1. The Hall–Kier alpha value is -2.04. The van der Waals surface area contributed by atoms with Gasteiger partial charge in [-0.05, 0) is 30.5 Å². The Morgan fingerprint density at radius 2 is 2.21 bits per heavy atom. The molecule has 1 aliphatic heterocycles. The number of aliphatic carboxylic acids is 1. The SMILES string of the molecule is CC1Oc2ccc(C(C)CC(=O)O)cc2N(C)C1=O. The van der Waals surface area contributed by atoms with Crippen molar-refractivity contribution in [2.24, 2.45) is 0 Å². The van der Waals surface area contributed by atoms with E-state index in [1.807, 2.05) is 19.1 Å². The third-order valence-corrected chi connectivity index (χ3v) is 3.38. The molecule has 1 aromatic rings. The number of hydrogen-bond acceptors (Lipinski definition) is 3. The van der Waals surface area contributed by atoms with E-state index in [9.17, 15) is 9.59 Å². The summed E-state index contributed by atoms with van der Waals surface area (Å²) in [5.41, 5.74) is 1.58. The van der Waals surface area contributed by atoms with Crippen molar-refractivity contribution < 1.29 is 19.4 Å². The standard InChI is InChI=1S/C14H17NO4/c1-8(6-13(16)17)10-4-5-12-11(7-10)15(3)14(18)9(2)19-12/h4-5,7-9H,6H2,1-3H3,(H,16,17). The first-order chi connectivity index (χ1) is 8.90. The molecule has 0 saturated heterocycles. The number of ether oxygens (including phenoxy) is 1. The maximum Gasteiger partial charge on any atom is 0.303 e. The van der Waals surface area contributed by atoms with E-state index in [0.717, 1.165) is 5.56 Å². The Kier molecular flexibility index (Phi) is 3.46. The highest BCUT2D eigenvalue weighted by atomic mass is 16.5. The first kappa shape index (κ1) is 13.4.